The van der Waals surface area contributed by atoms with Crippen molar-refractivity contribution in [3.63, 3.8) is 0 Å². The summed E-state index contributed by atoms with van der Waals surface area (Å²) < 4.78 is 0. The zero-order valence-corrected chi connectivity index (χ0v) is 12.4. The summed E-state index contributed by atoms with van der Waals surface area (Å²) in [7, 11) is 0. The van der Waals surface area contributed by atoms with Crippen molar-refractivity contribution in [1.29, 1.82) is 0 Å². The Morgan fingerprint density at radius 3 is 2.82 bits per heavy atom. The van der Waals surface area contributed by atoms with Crippen LogP contribution in [0.25, 0.3) is 11.0 Å². The van der Waals surface area contributed by atoms with E-state index < -0.39 is 0 Å². The third kappa shape index (κ3) is 3.44. The zero-order valence-electron chi connectivity index (χ0n) is 12.4. The Kier molecular flexibility index (Phi) is 4.05. The van der Waals surface area contributed by atoms with Crippen LogP contribution in [0.5, 0.6) is 0 Å². The van der Waals surface area contributed by atoms with E-state index in [1.807, 2.05) is 18.2 Å². The van der Waals surface area contributed by atoms with Gasteiger partial charge in [0, 0.05) is 12.2 Å². The minimum atomic E-state index is -0.203. The molecule has 3 aromatic rings. The fraction of sp³-hybridized carbons (Fsp3) is 0.176. The molecule has 0 spiro atoms. The van der Waals surface area contributed by atoms with Crippen LogP contribution < -0.4 is 10.6 Å². The molecule has 0 aliphatic rings. The number of aryl methyl sites for hydroxylation is 1. The molecule has 0 atom stereocenters. The van der Waals surface area contributed by atoms with Crippen molar-refractivity contribution >= 4 is 22.8 Å². The van der Waals surface area contributed by atoms with Crippen molar-refractivity contribution in [2.45, 2.75) is 13.3 Å². The second kappa shape index (κ2) is 6.30. The molecule has 1 heterocycles. The van der Waals surface area contributed by atoms with E-state index in [1.165, 1.54) is 11.1 Å². The first-order valence-corrected chi connectivity index (χ1v) is 7.24. The first-order valence-electron chi connectivity index (χ1n) is 7.24. The van der Waals surface area contributed by atoms with Gasteiger partial charge in [-0.1, -0.05) is 29.8 Å². The maximum atomic E-state index is 11.9. The summed E-state index contributed by atoms with van der Waals surface area (Å²) in [5.41, 5.74) is 4.97. The largest absolute Gasteiger partial charge is 0.345 e. The number of carbonyl (C=O) groups is 1. The molecule has 1 aromatic heterocycles. The number of hydrogen-bond donors (Lipinski definition) is 3. The number of carbonyl (C=O) groups excluding carboxylic acids is 1. The van der Waals surface area contributed by atoms with Gasteiger partial charge in [-0.15, -0.1) is 0 Å². The van der Waals surface area contributed by atoms with Crippen molar-refractivity contribution in [3.8, 4) is 0 Å². The molecule has 3 rings (SSSR count). The van der Waals surface area contributed by atoms with Gasteiger partial charge in [0.1, 0.15) is 0 Å². The molecule has 2 amide bonds. The lowest BCUT2D eigenvalue weighted by Crippen LogP contribution is -2.30. The second-order valence-electron chi connectivity index (χ2n) is 5.25. The topological polar surface area (TPSA) is 69.8 Å². The minimum Gasteiger partial charge on any atom is -0.345 e. The molecule has 5 heteroatoms. The summed E-state index contributed by atoms with van der Waals surface area (Å²) in [5.74, 6) is 0. The van der Waals surface area contributed by atoms with Gasteiger partial charge in [0.25, 0.3) is 0 Å². The molecular weight excluding hydrogens is 276 g/mol. The fourth-order valence-electron chi connectivity index (χ4n) is 2.26. The van der Waals surface area contributed by atoms with Gasteiger partial charge in [0.15, 0.2) is 0 Å². The number of anilines is 1. The van der Waals surface area contributed by atoms with Crippen molar-refractivity contribution in [1.82, 2.24) is 15.3 Å². The number of benzene rings is 2. The molecule has 0 saturated heterocycles. The number of rotatable bonds is 4. The van der Waals surface area contributed by atoms with Crippen molar-refractivity contribution < 1.29 is 4.79 Å². The van der Waals surface area contributed by atoms with Crippen molar-refractivity contribution in [2.24, 2.45) is 0 Å². The number of aromatic nitrogens is 2. The van der Waals surface area contributed by atoms with Crippen LogP contribution in [0.4, 0.5) is 10.5 Å². The van der Waals surface area contributed by atoms with E-state index in [2.05, 4.69) is 51.8 Å². The highest BCUT2D eigenvalue weighted by Crippen LogP contribution is 2.15. The van der Waals surface area contributed by atoms with Crippen LogP contribution in [0.1, 0.15) is 11.1 Å². The van der Waals surface area contributed by atoms with Gasteiger partial charge < -0.3 is 15.6 Å². The number of aromatic amines is 1. The molecule has 3 N–H and O–H groups in total. The van der Waals surface area contributed by atoms with E-state index in [-0.39, 0.29) is 6.03 Å². The van der Waals surface area contributed by atoms with E-state index in [4.69, 9.17) is 0 Å². The van der Waals surface area contributed by atoms with Crippen LogP contribution in [0.15, 0.2) is 48.8 Å². The first kappa shape index (κ1) is 14.1. The average molecular weight is 294 g/mol. The number of fused-ring (bicyclic) bond motifs is 1. The maximum Gasteiger partial charge on any atom is 0.319 e. The monoisotopic (exact) mass is 294 g/mol. The summed E-state index contributed by atoms with van der Waals surface area (Å²) in [6.45, 7) is 2.66. The Bertz CT molecular complexity index is 777. The Labute approximate surface area is 128 Å². The number of imidazole rings is 1. The second-order valence-corrected chi connectivity index (χ2v) is 5.25. The molecule has 0 aliphatic heterocycles. The highest BCUT2D eigenvalue weighted by Gasteiger charge is 2.03. The van der Waals surface area contributed by atoms with Crippen LogP contribution in [0, 0.1) is 6.92 Å². The first-order chi connectivity index (χ1) is 10.7. The predicted molar refractivity (Wildman–Crippen MR) is 88.0 cm³/mol. The molecule has 0 unspecified atom stereocenters. The lowest BCUT2D eigenvalue weighted by molar-refractivity contribution is 0.252. The smallest absolute Gasteiger partial charge is 0.319 e. The fourth-order valence-corrected chi connectivity index (χ4v) is 2.26. The van der Waals surface area contributed by atoms with Crippen LogP contribution in [0.2, 0.25) is 0 Å². The molecule has 22 heavy (non-hydrogen) atoms. The van der Waals surface area contributed by atoms with Crippen LogP contribution >= 0.6 is 0 Å². The number of nitrogens with zero attached hydrogens (tertiary/aromatic N) is 1. The number of hydrogen-bond acceptors (Lipinski definition) is 2. The summed E-state index contributed by atoms with van der Waals surface area (Å²) in [5, 5.41) is 5.68. The molecule has 0 saturated carbocycles. The third-order valence-electron chi connectivity index (χ3n) is 3.50. The number of H-pyrrole nitrogens is 1. The van der Waals surface area contributed by atoms with Gasteiger partial charge in [-0.3, -0.25) is 0 Å². The van der Waals surface area contributed by atoms with Gasteiger partial charge in [-0.05, 0) is 37.1 Å². The number of amides is 2. The number of nitrogens with one attached hydrogen (secondary N) is 3. The van der Waals surface area contributed by atoms with Gasteiger partial charge in [-0.25, -0.2) is 9.78 Å². The van der Waals surface area contributed by atoms with Crippen LogP contribution in [-0.4, -0.2) is 22.5 Å². The minimum absolute atomic E-state index is 0.203. The average Bonchev–Trinajstić information content (AvgIpc) is 2.97. The summed E-state index contributed by atoms with van der Waals surface area (Å²) >= 11 is 0. The van der Waals surface area contributed by atoms with Crippen LogP contribution in [-0.2, 0) is 6.42 Å². The maximum absolute atomic E-state index is 11.9. The van der Waals surface area contributed by atoms with Gasteiger partial charge in [0.2, 0.25) is 0 Å². The summed E-state index contributed by atoms with van der Waals surface area (Å²) in [6.07, 6.45) is 2.45. The molecular formula is C17H18N4O. The quantitative estimate of drug-likeness (QED) is 0.691. The predicted octanol–water partition coefficient (Wildman–Crippen LogP) is 3.24. The standard InChI is InChI=1S/C17H18N4O/c1-12-2-4-13(5-3-12)8-9-18-17(22)21-14-6-7-15-16(10-14)20-11-19-15/h2-7,10-11H,8-9H2,1H3,(H,19,20)(H2,18,21,22). The van der Waals surface area contributed by atoms with Gasteiger partial charge >= 0.3 is 6.03 Å². The normalized spacial score (nSPS) is 10.6. The molecule has 2 aromatic carbocycles. The van der Waals surface area contributed by atoms with Gasteiger partial charge in [0.05, 0.1) is 17.4 Å². The Hall–Kier alpha value is -2.82. The highest BCUT2D eigenvalue weighted by molar-refractivity contribution is 5.91. The molecule has 0 fully saturated rings. The van der Waals surface area contributed by atoms with E-state index in [9.17, 15) is 4.79 Å². The van der Waals surface area contributed by atoms with Crippen LogP contribution in [0.3, 0.4) is 0 Å². The Balaban J connectivity index is 1.50. The molecule has 0 radical (unpaired) electrons. The van der Waals surface area contributed by atoms with Gasteiger partial charge in [-0.2, -0.15) is 0 Å². The Morgan fingerprint density at radius 2 is 2.00 bits per heavy atom. The summed E-state index contributed by atoms with van der Waals surface area (Å²) in [4.78, 5) is 19.0. The lowest BCUT2D eigenvalue weighted by Gasteiger charge is -2.08. The zero-order chi connectivity index (χ0) is 15.4. The van der Waals surface area contributed by atoms with E-state index in [0.717, 1.165) is 23.1 Å². The lowest BCUT2D eigenvalue weighted by atomic mass is 10.1. The third-order valence-corrected chi connectivity index (χ3v) is 3.50. The number of urea groups is 1. The van der Waals surface area contributed by atoms with E-state index >= 15 is 0 Å². The molecule has 0 aliphatic carbocycles. The van der Waals surface area contributed by atoms with Crippen molar-refractivity contribution in [3.05, 3.63) is 59.9 Å². The molecule has 0 bridgehead atoms. The van der Waals surface area contributed by atoms with E-state index in [1.54, 1.807) is 6.33 Å². The SMILES string of the molecule is Cc1ccc(CCNC(=O)Nc2ccc3nc[nH]c3c2)cc1. The highest BCUT2D eigenvalue weighted by atomic mass is 16.2. The molecule has 5 nitrogen and oxygen atoms in total. The summed E-state index contributed by atoms with van der Waals surface area (Å²) in [6, 6.07) is 13.7. The van der Waals surface area contributed by atoms with Crippen molar-refractivity contribution in [2.75, 3.05) is 11.9 Å². The molecule has 112 valence electrons. The Morgan fingerprint density at radius 1 is 1.18 bits per heavy atom. The van der Waals surface area contributed by atoms with E-state index in [0.29, 0.717) is 6.54 Å².